The van der Waals surface area contributed by atoms with Gasteiger partial charge >= 0.3 is 271 Å². The van der Waals surface area contributed by atoms with Crippen LogP contribution in [0.15, 0.2) is 83.9 Å². The van der Waals surface area contributed by atoms with Crippen molar-refractivity contribution < 1.29 is 48.0 Å². The number of rotatable bonds is 2. The van der Waals surface area contributed by atoms with Crippen LogP contribution in [0.2, 0.25) is 33.2 Å². The van der Waals surface area contributed by atoms with E-state index in [-0.39, 0.29) is 24.8 Å². The average molecular weight is 767 g/mol. The second-order valence-corrected chi connectivity index (χ2v) is 21.2. The van der Waals surface area contributed by atoms with Crippen molar-refractivity contribution in [2.45, 2.75) is 34.2 Å². The molecular weight excluding hydrogens is 740 g/mol. The van der Waals surface area contributed by atoms with E-state index in [1.807, 2.05) is 24.3 Å². The Morgan fingerprint density at radius 3 is 1.36 bits per heavy atom. The molecule has 4 bridgehead atoms. The standard InChI is InChI=1S/C34H26Cl4Si.2ClH.Zr/c1-19-15-21-7-5-9-27(25-13-11-23(35)17-29(25)37)31(21)33(19)39(3,4)34-20(2)16-22-8-6-10-28(32(22)34)26-14-12-24(36)18-30(26)38;;;/h5-18H,1-4H3;2*1H;/q;;;+2/p-2. The van der Waals surface area contributed by atoms with Crippen LogP contribution < -0.4 is 24.8 Å². The molecule has 8 heteroatoms. The van der Waals surface area contributed by atoms with E-state index >= 15 is 0 Å². The van der Waals surface area contributed by atoms with Crippen molar-refractivity contribution in [2.75, 3.05) is 0 Å². The van der Waals surface area contributed by atoms with Crippen molar-refractivity contribution in [1.29, 1.82) is 0 Å². The summed E-state index contributed by atoms with van der Waals surface area (Å²) in [5, 5.41) is 5.92. The molecule has 212 valence electrons. The maximum absolute atomic E-state index is 6.84. The normalized spacial score (nSPS) is 19.0. The van der Waals surface area contributed by atoms with E-state index < -0.39 is 31.3 Å². The first kappa shape index (κ1) is 32.6. The summed E-state index contributed by atoms with van der Waals surface area (Å²) in [6, 6.07) is 25.5. The molecule has 2 atom stereocenters. The molecule has 42 heavy (non-hydrogen) atoms. The Bertz CT molecular complexity index is 1710. The first-order chi connectivity index (χ1) is 19.1. The Morgan fingerprint density at radius 1 is 0.571 bits per heavy atom. The Morgan fingerprint density at radius 2 is 0.976 bits per heavy atom. The van der Waals surface area contributed by atoms with E-state index in [2.05, 4.69) is 75.5 Å². The molecule has 1 heterocycles. The fourth-order valence-electron chi connectivity index (χ4n) is 7.53. The summed E-state index contributed by atoms with van der Waals surface area (Å²) in [6.45, 7) is 9.95. The fraction of sp³-hybridized carbons (Fsp3) is 0.176. The van der Waals surface area contributed by atoms with Crippen LogP contribution >= 0.6 is 46.4 Å². The predicted octanol–water partition coefficient (Wildman–Crippen LogP) is 5.88. The maximum atomic E-state index is 6.84. The molecule has 2 aliphatic carbocycles. The molecule has 0 aromatic heterocycles. The summed E-state index contributed by atoms with van der Waals surface area (Å²) in [5.41, 5.74) is 13.7. The minimum atomic E-state index is -2.21. The van der Waals surface area contributed by atoms with Gasteiger partial charge in [0.1, 0.15) is 0 Å². The summed E-state index contributed by atoms with van der Waals surface area (Å²) >= 11 is 25.3. The number of halogens is 6. The molecule has 1 aliphatic heterocycles. The molecule has 0 spiro atoms. The van der Waals surface area contributed by atoms with Gasteiger partial charge in [-0.15, -0.1) is 0 Å². The van der Waals surface area contributed by atoms with Crippen LogP contribution in [0.5, 0.6) is 0 Å². The summed E-state index contributed by atoms with van der Waals surface area (Å²) in [5.74, 6) is 0. The third kappa shape index (κ3) is 4.80. The van der Waals surface area contributed by atoms with Gasteiger partial charge in [0.2, 0.25) is 0 Å². The van der Waals surface area contributed by atoms with Crippen LogP contribution in [0.4, 0.5) is 0 Å². The summed E-state index contributed by atoms with van der Waals surface area (Å²) < 4.78 is 1.09. The van der Waals surface area contributed by atoms with Crippen LogP contribution in [0, 0.1) is 0 Å². The molecule has 4 aromatic rings. The molecule has 7 rings (SSSR count). The Hall–Kier alpha value is -0.800. The predicted molar refractivity (Wildman–Crippen MR) is 172 cm³/mol. The van der Waals surface area contributed by atoms with Gasteiger partial charge in [0.05, 0.1) is 0 Å². The molecule has 0 fully saturated rings. The van der Waals surface area contributed by atoms with E-state index in [0.29, 0.717) is 27.3 Å². The summed E-state index contributed by atoms with van der Waals surface area (Å²) in [4.78, 5) is 0. The zero-order valence-electron chi connectivity index (χ0n) is 23.4. The van der Waals surface area contributed by atoms with Crippen molar-refractivity contribution in [1.82, 2.24) is 0 Å². The molecular formula is C34H26Cl6SiZr. The topological polar surface area (TPSA) is 0 Å². The number of hydrogen-bond acceptors (Lipinski definition) is 0. The van der Waals surface area contributed by atoms with E-state index in [0.717, 1.165) is 11.1 Å². The molecule has 2 unspecified atom stereocenters. The number of fused-ring (bicyclic) bond motifs is 8. The van der Waals surface area contributed by atoms with Gasteiger partial charge in [0.25, 0.3) is 0 Å². The van der Waals surface area contributed by atoms with Gasteiger partial charge in [-0.3, -0.25) is 0 Å². The number of hydrogen-bond donors (Lipinski definition) is 0. The van der Waals surface area contributed by atoms with Gasteiger partial charge in [0, 0.05) is 0 Å². The fourth-order valence-corrected chi connectivity index (χ4v) is 18.4. The molecule has 3 aliphatic rings. The maximum Gasteiger partial charge on any atom is -1.00 e. The van der Waals surface area contributed by atoms with Crippen LogP contribution in [-0.4, -0.2) is 8.07 Å². The molecule has 4 aromatic carbocycles. The van der Waals surface area contributed by atoms with E-state index in [9.17, 15) is 0 Å². The molecule has 0 saturated heterocycles. The molecule has 0 saturated carbocycles. The van der Waals surface area contributed by atoms with Crippen LogP contribution in [0.1, 0.15) is 43.4 Å². The monoisotopic (exact) mass is 762 g/mol. The van der Waals surface area contributed by atoms with Gasteiger partial charge in [-0.05, 0) is 0 Å². The Kier molecular flexibility index (Phi) is 9.19. The van der Waals surface area contributed by atoms with Crippen LogP contribution in [-0.2, 0) is 23.2 Å². The molecule has 0 N–H and O–H groups in total. The van der Waals surface area contributed by atoms with Gasteiger partial charge in [0.15, 0.2) is 0 Å². The first-order valence-corrected chi connectivity index (χ1v) is 20.8. The molecule has 0 nitrogen and oxygen atoms in total. The SMILES string of the molecule is CC1=C2c3c(-c4ccc(Cl)cc4Cl)cccc3[CH]1[Zr+2][CH]1C(C)=C(c3c(-c4ccc(Cl)cc4Cl)cccc31)[Si]2(C)C.[Cl-].[Cl-]. The third-order valence-corrected chi connectivity index (χ3v) is 19.2. The molecule has 0 radical (unpaired) electrons. The third-order valence-electron chi connectivity index (χ3n) is 9.00. The molecule has 0 amide bonds. The largest absolute Gasteiger partial charge is 1.00 e. The van der Waals surface area contributed by atoms with Crippen molar-refractivity contribution in [3.8, 4) is 22.3 Å². The van der Waals surface area contributed by atoms with Gasteiger partial charge < -0.3 is 24.8 Å². The Labute approximate surface area is 292 Å². The van der Waals surface area contributed by atoms with Crippen LogP contribution in [0.25, 0.3) is 32.6 Å². The Balaban J connectivity index is 0.00000176. The minimum absolute atomic E-state index is 0. The van der Waals surface area contributed by atoms with Gasteiger partial charge in [-0.2, -0.15) is 0 Å². The second-order valence-electron chi connectivity index (χ2n) is 11.6. The zero-order valence-corrected chi connectivity index (χ0v) is 31.3. The van der Waals surface area contributed by atoms with Gasteiger partial charge in [-0.25, -0.2) is 0 Å². The van der Waals surface area contributed by atoms with Gasteiger partial charge in [-0.1, -0.05) is 0 Å². The number of allylic oxidation sites excluding steroid dienone is 2. The quantitative estimate of drug-likeness (QED) is 0.224. The first-order valence-electron chi connectivity index (χ1n) is 13.5. The van der Waals surface area contributed by atoms with E-state index in [4.69, 9.17) is 46.4 Å². The van der Waals surface area contributed by atoms with Crippen molar-refractivity contribution in [3.63, 3.8) is 0 Å². The van der Waals surface area contributed by atoms with E-state index in [1.165, 1.54) is 33.4 Å². The smallest absolute Gasteiger partial charge is 1.00 e. The van der Waals surface area contributed by atoms with Crippen molar-refractivity contribution in [3.05, 3.63) is 126 Å². The summed E-state index contributed by atoms with van der Waals surface area (Å²) in [6.07, 6.45) is 0. The minimum Gasteiger partial charge on any atom is -1.00 e. The van der Waals surface area contributed by atoms with Crippen LogP contribution in [0.3, 0.4) is 0 Å². The van der Waals surface area contributed by atoms with Crippen molar-refractivity contribution in [2.24, 2.45) is 0 Å². The second kappa shape index (κ2) is 11.9. The number of benzene rings is 4. The summed E-state index contributed by atoms with van der Waals surface area (Å²) in [7, 11) is -2.21. The van der Waals surface area contributed by atoms with E-state index in [1.54, 1.807) is 21.5 Å². The average Bonchev–Trinajstić information content (AvgIpc) is 3.37. The van der Waals surface area contributed by atoms with Crippen molar-refractivity contribution >= 4 is 64.9 Å². The zero-order chi connectivity index (χ0) is 28.1.